The summed E-state index contributed by atoms with van der Waals surface area (Å²) in [6.45, 7) is 6.26. The van der Waals surface area contributed by atoms with Crippen LogP contribution in [0.25, 0.3) is 11.3 Å². The van der Waals surface area contributed by atoms with Gasteiger partial charge in [-0.3, -0.25) is 5.10 Å². The van der Waals surface area contributed by atoms with Crippen LogP contribution in [-0.4, -0.2) is 17.3 Å². The number of methoxy groups -OCH3 is 1. The standard InChI is InChI=1S/C14H19N3O/c1-8(2)11-7-10(5-6-12(11)18-4)13-9(3)14(15)17-16-13/h5-8H,1-4H3,(H3,15,16,17). The van der Waals surface area contributed by atoms with Gasteiger partial charge in [-0.1, -0.05) is 13.8 Å². The monoisotopic (exact) mass is 245 g/mol. The van der Waals surface area contributed by atoms with Gasteiger partial charge in [-0.2, -0.15) is 5.10 Å². The summed E-state index contributed by atoms with van der Waals surface area (Å²) in [5, 5.41) is 7.01. The fraction of sp³-hybridized carbons (Fsp3) is 0.357. The van der Waals surface area contributed by atoms with Crippen molar-refractivity contribution in [1.82, 2.24) is 10.2 Å². The molecular weight excluding hydrogens is 226 g/mol. The number of hydrogen-bond donors (Lipinski definition) is 2. The van der Waals surface area contributed by atoms with Crippen LogP contribution >= 0.6 is 0 Å². The predicted molar refractivity (Wildman–Crippen MR) is 73.8 cm³/mol. The molecule has 0 unspecified atom stereocenters. The van der Waals surface area contributed by atoms with Gasteiger partial charge in [-0.25, -0.2) is 0 Å². The predicted octanol–water partition coefficient (Wildman–Crippen LogP) is 3.10. The summed E-state index contributed by atoms with van der Waals surface area (Å²) in [6.07, 6.45) is 0. The van der Waals surface area contributed by atoms with E-state index in [1.54, 1.807) is 7.11 Å². The third-order valence-corrected chi connectivity index (χ3v) is 3.19. The Kier molecular flexibility index (Phi) is 3.28. The molecule has 2 aromatic rings. The summed E-state index contributed by atoms with van der Waals surface area (Å²) < 4.78 is 5.38. The van der Waals surface area contributed by atoms with Gasteiger partial charge < -0.3 is 10.5 Å². The molecule has 0 fully saturated rings. The van der Waals surface area contributed by atoms with E-state index in [1.807, 2.05) is 19.1 Å². The largest absolute Gasteiger partial charge is 0.496 e. The summed E-state index contributed by atoms with van der Waals surface area (Å²) in [5.74, 6) is 1.87. The lowest BCUT2D eigenvalue weighted by Crippen LogP contribution is -1.95. The summed E-state index contributed by atoms with van der Waals surface area (Å²) in [7, 11) is 1.69. The van der Waals surface area contributed by atoms with Crippen LogP contribution < -0.4 is 10.5 Å². The molecule has 0 amide bonds. The zero-order chi connectivity index (χ0) is 13.3. The molecule has 0 spiro atoms. The van der Waals surface area contributed by atoms with Crippen molar-refractivity contribution >= 4 is 5.82 Å². The number of nitrogens with zero attached hydrogens (tertiary/aromatic N) is 1. The van der Waals surface area contributed by atoms with E-state index in [9.17, 15) is 0 Å². The van der Waals surface area contributed by atoms with Crippen LogP contribution in [0.2, 0.25) is 0 Å². The lowest BCUT2D eigenvalue weighted by molar-refractivity contribution is 0.407. The van der Waals surface area contributed by atoms with Gasteiger partial charge in [0.1, 0.15) is 11.6 Å². The number of H-pyrrole nitrogens is 1. The first kappa shape index (κ1) is 12.5. The topological polar surface area (TPSA) is 63.9 Å². The molecule has 4 heteroatoms. The number of nitrogens with one attached hydrogen (secondary N) is 1. The molecule has 96 valence electrons. The van der Waals surface area contributed by atoms with E-state index >= 15 is 0 Å². The van der Waals surface area contributed by atoms with Crippen molar-refractivity contribution < 1.29 is 4.74 Å². The van der Waals surface area contributed by atoms with Gasteiger partial charge in [0.05, 0.1) is 12.8 Å². The van der Waals surface area contributed by atoms with Crippen LogP contribution in [0.4, 0.5) is 5.82 Å². The van der Waals surface area contributed by atoms with Gasteiger partial charge >= 0.3 is 0 Å². The Hall–Kier alpha value is -1.97. The molecule has 0 atom stereocenters. The average molecular weight is 245 g/mol. The van der Waals surface area contributed by atoms with E-state index < -0.39 is 0 Å². The van der Waals surface area contributed by atoms with Crippen LogP contribution in [0.15, 0.2) is 18.2 Å². The molecule has 0 saturated heterocycles. The van der Waals surface area contributed by atoms with Crippen LogP contribution in [0.3, 0.4) is 0 Å². The molecular formula is C14H19N3O. The van der Waals surface area contributed by atoms with E-state index in [-0.39, 0.29) is 0 Å². The normalized spacial score (nSPS) is 10.9. The molecule has 0 aliphatic carbocycles. The first-order valence-corrected chi connectivity index (χ1v) is 6.03. The maximum atomic E-state index is 5.76. The highest BCUT2D eigenvalue weighted by Crippen LogP contribution is 2.32. The maximum Gasteiger partial charge on any atom is 0.148 e. The van der Waals surface area contributed by atoms with Crippen molar-refractivity contribution in [3.8, 4) is 17.0 Å². The number of aromatic nitrogens is 2. The number of nitrogen functional groups attached to an aromatic ring is 1. The Morgan fingerprint density at radius 3 is 2.56 bits per heavy atom. The summed E-state index contributed by atoms with van der Waals surface area (Å²) in [6, 6.07) is 6.13. The van der Waals surface area contributed by atoms with Gasteiger partial charge in [0.15, 0.2) is 0 Å². The molecule has 1 aromatic carbocycles. The van der Waals surface area contributed by atoms with Gasteiger partial charge in [0.25, 0.3) is 0 Å². The SMILES string of the molecule is COc1ccc(-c2[nH]nc(N)c2C)cc1C(C)C. The Morgan fingerprint density at radius 1 is 1.33 bits per heavy atom. The van der Waals surface area contributed by atoms with E-state index in [2.05, 4.69) is 30.1 Å². The van der Waals surface area contributed by atoms with Crippen LogP contribution in [0, 0.1) is 6.92 Å². The highest BCUT2D eigenvalue weighted by molar-refractivity contribution is 5.69. The molecule has 3 N–H and O–H groups in total. The van der Waals surface area contributed by atoms with Crippen molar-refractivity contribution in [2.45, 2.75) is 26.7 Å². The second-order valence-electron chi connectivity index (χ2n) is 4.72. The Morgan fingerprint density at radius 2 is 2.06 bits per heavy atom. The quantitative estimate of drug-likeness (QED) is 0.873. The fourth-order valence-electron chi connectivity index (χ4n) is 2.03. The van der Waals surface area contributed by atoms with Crippen LogP contribution in [-0.2, 0) is 0 Å². The number of aromatic amines is 1. The minimum atomic E-state index is 0.403. The first-order chi connectivity index (χ1) is 8.54. The minimum absolute atomic E-state index is 0.403. The molecule has 0 bridgehead atoms. The number of hydrogen-bond acceptors (Lipinski definition) is 3. The number of ether oxygens (including phenoxy) is 1. The smallest absolute Gasteiger partial charge is 0.148 e. The fourth-order valence-corrected chi connectivity index (χ4v) is 2.03. The molecule has 1 heterocycles. The molecule has 2 rings (SSSR count). The van der Waals surface area contributed by atoms with E-state index in [4.69, 9.17) is 10.5 Å². The second-order valence-corrected chi connectivity index (χ2v) is 4.72. The molecule has 0 aliphatic rings. The van der Waals surface area contributed by atoms with Crippen molar-refractivity contribution in [3.05, 3.63) is 29.3 Å². The van der Waals surface area contributed by atoms with Crippen LogP contribution in [0.1, 0.15) is 30.9 Å². The van der Waals surface area contributed by atoms with Crippen LogP contribution in [0.5, 0.6) is 5.75 Å². The van der Waals surface area contributed by atoms with E-state index in [0.29, 0.717) is 11.7 Å². The molecule has 0 radical (unpaired) electrons. The third kappa shape index (κ3) is 2.06. The zero-order valence-corrected chi connectivity index (χ0v) is 11.2. The first-order valence-electron chi connectivity index (χ1n) is 6.03. The summed E-state index contributed by atoms with van der Waals surface area (Å²) in [4.78, 5) is 0. The minimum Gasteiger partial charge on any atom is -0.496 e. The number of nitrogens with two attached hydrogens (primary N) is 1. The van der Waals surface area contributed by atoms with Crippen molar-refractivity contribution in [1.29, 1.82) is 0 Å². The van der Waals surface area contributed by atoms with Gasteiger partial charge in [-0.05, 0) is 36.6 Å². The van der Waals surface area contributed by atoms with Gasteiger partial charge in [0.2, 0.25) is 0 Å². The van der Waals surface area contributed by atoms with Crippen molar-refractivity contribution in [2.24, 2.45) is 0 Å². The summed E-state index contributed by atoms with van der Waals surface area (Å²) >= 11 is 0. The third-order valence-electron chi connectivity index (χ3n) is 3.19. The number of benzene rings is 1. The van der Waals surface area contributed by atoms with E-state index in [0.717, 1.165) is 22.6 Å². The molecule has 4 nitrogen and oxygen atoms in total. The van der Waals surface area contributed by atoms with Crippen molar-refractivity contribution in [2.75, 3.05) is 12.8 Å². The van der Waals surface area contributed by atoms with Gasteiger partial charge in [-0.15, -0.1) is 0 Å². The molecule has 0 aliphatic heterocycles. The maximum absolute atomic E-state index is 5.76. The average Bonchev–Trinajstić information content (AvgIpc) is 2.69. The molecule has 1 aromatic heterocycles. The molecule has 0 saturated carbocycles. The Labute approximate surface area is 107 Å². The number of rotatable bonds is 3. The Bertz CT molecular complexity index is 558. The van der Waals surface area contributed by atoms with Gasteiger partial charge in [0, 0.05) is 11.1 Å². The number of anilines is 1. The molecule has 18 heavy (non-hydrogen) atoms. The van der Waals surface area contributed by atoms with E-state index in [1.165, 1.54) is 5.56 Å². The Balaban J connectivity index is 2.53. The second kappa shape index (κ2) is 4.72. The lowest BCUT2D eigenvalue weighted by atomic mass is 9.97. The highest BCUT2D eigenvalue weighted by atomic mass is 16.5. The zero-order valence-electron chi connectivity index (χ0n) is 11.2. The van der Waals surface area contributed by atoms with Crippen molar-refractivity contribution in [3.63, 3.8) is 0 Å². The highest BCUT2D eigenvalue weighted by Gasteiger charge is 2.13. The lowest BCUT2D eigenvalue weighted by Gasteiger charge is -2.13. The summed E-state index contributed by atoms with van der Waals surface area (Å²) in [5.41, 5.74) is 9.98.